The second-order valence-corrected chi connectivity index (χ2v) is 10.2. The number of aromatic nitrogens is 3. The van der Waals surface area contributed by atoms with E-state index in [0.717, 1.165) is 4.90 Å². The first kappa shape index (κ1) is 28.2. The van der Waals surface area contributed by atoms with Gasteiger partial charge in [0.15, 0.2) is 0 Å². The van der Waals surface area contributed by atoms with Crippen LogP contribution < -0.4 is 25.4 Å². The number of ether oxygens (including phenoxy) is 1. The van der Waals surface area contributed by atoms with Gasteiger partial charge in [-0.15, -0.1) is 0 Å². The molecule has 4 N–H and O–H groups in total. The number of allylic oxidation sites excluding steroid dienone is 1. The minimum absolute atomic E-state index is 0.0769. The molecule has 4 rings (SSSR count). The number of benzene rings is 1. The van der Waals surface area contributed by atoms with Crippen molar-refractivity contribution in [3.63, 3.8) is 0 Å². The van der Waals surface area contributed by atoms with Crippen LogP contribution in [0.15, 0.2) is 52.7 Å². The molecule has 13 heteroatoms. The van der Waals surface area contributed by atoms with Crippen molar-refractivity contribution in [1.82, 2.24) is 15.0 Å². The van der Waals surface area contributed by atoms with Crippen LogP contribution in [0.2, 0.25) is 10.0 Å². The fraction of sp³-hybridized carbons (Fsp3) is 0.269. The number of carbonyl (C=O) groups is 1. The SMILES string of the molecule is COc1nc(N(C)C)ncc1[NH2+]/C(=C1\C(=N)C(=O)N(c2cc(Cl)c[nH]c2=O)C1c1ccc(Cl)c(F)c1)C(C)C. The molecule has 1 aliphatic heterocycles. The molecular formula is C26H27Cl2FN7O3+. The third-order valence-corrected chi connectivity index (χ3v) is 6.73. The Morgan fingerprint density at radius 1 is 1.26 bits per heavy atom. The number of halogens is 3. The van der Waals surface area contributed by atoms with E-state index >= 15 is 0 Å². The lowest BCUT2D eigenvalue weighted by atomic mass is 9.92. The topological polar surface area (TPSA) is 132 Å². The largest absolute Gasteiger partial charge is 0.477 e. The molecule has 2 aromatic heterocycles. The fourth-order valence-electron chi connectivity index (χ4n) is 4.36. The molecule has 0 bridgehead atoms. The number of nitrogens with two attached hydrogens (primary N) is 1. The summed E-state index contributed by atoms with van der Waals surface area (Å²) in [6.45, 7) is 3.79. The Bertz CT molecular complexity index is 1550. The molecule has 1 amide bonds. The molecule has 204 valence electrons. The monoisotopic (exact) mass is 574 g/mol. The Morgan fingerprint density at radius 3 is 2.59 bits per heavy atom. The molecule has 3 aromatic rings. The molecular weight excluding hydrogens is 548 g/mol. The van der Waals surface area contributed by atoms with Crippen molar-refractivity contribution in [1.29, 1.82) is 5.41 Å². The van der Waals surface area contributed by atoms with E-state index in [1.165, 1.54) is 31.5 Å². The van der Waals surface area contributed by atoms with Gasteiger partial charge in [0.1, 0.15) is 22.9 Å². The van der Waals surface area contributed by atoms with Crippen LogP contribution in [0, 0.1) is 17.1 Å². The van der Waals surface area contributed by atoms with Gasteiger partial charge in [0.25, 0.3) is 17.3 Å². The quantitative estimate of drug-likeness (QED) is 0.395. The molecule has 0 saturated carbocycles. The number of methoxy groups -OCH3 is 1. The molecule has 1 unspecified atom stereocenters. The summed E-state index contributed by atoms with van der Waals surface area (Å²) in [5.74, 6) is -0.934. The Balaban J connectivity index is 1.98. The number of H-pyrrole nitrogens is 1. The molecule has 1 fully saturated rings. The fourth-order valence-corrected chi connectivity index (χ4v) is 4.64. The van der Waals surface area contributed by atoms with Crippen LogP contribution in [0.5, 0.6) is 5.88 Å². The van der Waals surface area contributed by atoms with Crippen LogP contribution in [-0.4, -0.2) is 47.8 Å². The smallest absolute Gasteiger partial charge is 0.281 e. The molecule has 3 heterocycles. The molecule has 0 spiro atoms. The minimum Gasteiger partial charge on any atom is -0.477 e. The van der Waals surface area contributed by atoms with Gasteiger partial charge in [-0.25, -0.2) is 9.37 Å². The van der Waals surface area contributed by atoms with Crippen molar-refractivity contribution in [3.05, 3.63) is 79.7 Å². The summed E-state index contributed by atoms with van der Waals surface area (Å²) in [5, 5.41) is 10.7. The van der Waals surface area contributed by atoms with E-state index < -0.39 is 23.3 Å². The van der Waals surface area contributed by atoms with E-state index in [4.69, 9.17) is 33.3 Å². The van der Waals surface area contributed by atoms with Crippen molar-refractivity contribution in [3.8, 4) is 5.88 Å². The van der Waals surface area contributed by atoms with Gasteiger partial charge in [0.05, 0.1) is 35.0 Å². The Hall–Kier alpha value is -3.80. The molecule has 10 nitrogen and oxygen atoms in total. The van der Waals surface area contributed by atoms with E-state index in [9.17, 15) is 14.0 Å². The summed E-state index contributed by atoms with van der Waals surface area (Å²) in [4.78, 5) is 40.6. The van der Waals surface area contributed by atoms with Crippen LogP contribution >= 0.6 is 23.2 Å². The highest BCUT2D eigenvalue weighted by Gasteiger charge is 2.47. The van der Waals surface area contributed by atoms with E-state index in [-0.39, 0.29) is 32.9 Å². The molecule has 1 aliphatic rings. The first-order valence-electron chi connectivity index (χ1n) is 11.9. The lowest BCUT2D eigenvalue weighted by Gasteiger charge is -2.26. The molecule has 0 radical (unpaired) electrons. The van der Waals surface area contributed by atoms with Crippen molar-refractivity contribution >= 4 is 52.1 Å². The average molecular weight is 575 g/mol. The number of pyridine rings is 1. The van der Waals surface area contributed by atoms with Crippen LogP contribution in [0.3, 0.4) is 0 Å². The molecule has 39 heavy (non-hydrogen) atoms. The van der Waals surface area contributed by atoms with Crippen LogP contribution in [-0.2, 0) is 4.79 Å². The lowest BCUT2D eigenvalue weighted by Crippen LogP contribution is -2.77. The number of hydrogen-bond acceptors (Lipinski definition) is 7. The van der Waals surface area contributed by atoms with Gasteiger partial charge < -0.3 is 14.6 Å². The van der Waals surface area contributed by atoms with Gasteiger partial charge in [-0.05, 0) is 23.8 Å². The van der Waals surface area contributed by atoms with Gasteiger partial charge in [0, 0.05) is 26.2 Å². The van der Waals surface area contributed by atoms with Crippen molar-refractivity contribution in [2.45, 2.75) is 19.9 Å². The molecule has 1 aromatic carbocycles. The molecule has 1 saturated heterocycles. The number of rotatable bonds is 7. The van der Waals surface area contributed by atoms with Gasteiger partial charge in [0.2, 0.25) is 11.6 Å². The zero-order valence-electron chi connectivity index (χ0n) is 21.8. The second kappa shape index (κ2) is 11.1. The summed E-state index contributed by atoms with van der Waals surface area (Å²) < 4.78 is 20.2. The normalized spacial score (nSPS) is 16.7. The van der Waals surface area contributed by atoms with Gasteiger partial charge >= 0.3 is 0 Å². The van der Waals surface area contributed by atoms with Gasteiger partial charge in [-0.3, -0.25) is 25.2 Å². The predicted octanol–water partition coefficient (Wildman–Crippen LogP) is 3.60. The second-order valence-electron chi connectivity index (χ2n) is 9.36. The molecule has 0 aliphatic carbocycles. The number of nitrogens with zero attached hydrogens (tertiary/aromatic N) is 4. The Kier molecular flexibility index (Phi) is 8.05. The standard InChI is InChI=1S/C26H26Cl2FN7O3/c1-12(2)21(33-17-11-32-26(35(3)4)34-24(17)39-5)19-20(30)25(38)36(18-9-14(27)10-31-23(18)37)22(19)13-6-7-15(28)16(29)8-13/h6-12,22,30,33H,1-5H3,(H,31,37)/p+1/b21-19+,30-20?. The van der Waals surface area contributed by atoms with E-state index in [1.807, 2.05) is 13.8 Å². The number of anilines is 2. The van der Waals surface area contributed by atoms with Gasteiger partial charge in [-0.1, -0.05) is 43.1 Å². The number of hydrogen-bond donors (Lipinski definition) is 3. The average Bonchev–Trinajstić information content (AvgIpc) is 3.15. The van der Waals surface area contributed by atoms with Gasteiger partial charge in [-0.2, -0.15) is 4.98 Å². The zero-order valence-corrected chi connectivity index (χ0v) is 23.4. The first-order valence-corrected chi connectivity index (χ1v) is 12.6. The van der Waals surface area contributed by atoms with Crippen molar-refractivity contribution < 1.29 is 19.2 Å². The number of amides is 1. The van der Waals surface area contributed by atoms with Crippen LogP contribution in [0.1, 0.15) is 25.5 Å². The number of quaternary nitrogens is 1. The number of aromatic amines is 1. The number of carbonyl (C=O) groups excluding carboxylic acids is 1. The van der Waals surface area contributed by atoms with Crippen LogP contribution in [0.4, 0.5) is 21.7 Å². The van der Waals surface area contributed by atoms with Crippen LogP contribution in [0.25, 0.3) is 0 Å². The summed E-state index contributed by atoms with van der Waals surface area (Å²) >= 11 is 12.1. The maximum Gasteiger partial charge on any atom is 0.281 e. The lowest BCUT2D eigenvalue weighted by molar-refractivity contribution is -0.526. The Morgan fingerprint density at radius 2 is 1.97 bits per heavy atom. The number of nitrogens with one attached hydrogen (secondary N) is 2. The highest BCUT2D eigenvalue weighted by molar-refractivity contribution is 6.52. The zero-order chi connectivity index (χ0) is 28.6. The molecule has 1 atom stereocenters. The van der Waals surface area contributed by atoms with Crippen molar-refractivity contribution in [2.75, 3.05) is 31.0 Å². The summed E-state index contributed by atoms with van der Waals surface area (Å²) in [6, 6.07) is 4.42. The summed E-state index contributed by atoms with van der Waals surface area (Å²) in [6.07, 6.45) is 2.88. The maximum absolute atomic E-state index is 14.7. The van der Waals surface area contributed by atoms with E-state index in [2.05, 4.69) is 15.0 Å². The summed E-state index contributed by atoms with van der Waals surface area (Å²) in [5.41, 5.74) is 0.681. The third kappa shape index (κ3) is 5.38. The maximum atomic E-state index is 14.7. The van der Waals surface area contributed by atoms with Crippen molar-refractivity contribution in [2.24, 2.45) is 5.92 Å². The third-order valence-electron chi connectivity index (χ3n) is 6.21. The predicted molar refractivity (Wildman–Crippen MR) is 148 cm³/mol. The highest BCUT2D eigenvalue weighted by atomic mass is 35.5. The van der Waals surface area contributed by atoms with E-state index in [1.54, 1.807) is 36.6 Å². The minimum atomic E-state index is -1.03. The Labute approximate surface area is 233 Å². The van der Waals surface area contributed by atoms with E-state index in [0.29, 0.717) is 28.8 Å². The first-order chi connectivity index (χ1) is 18.4. The highest BCUT2D eigenvalue weighted by Crippen LogP contribution is 2.41. The summed E-state index contributed by atoms with van der Waals surface area (Å²) in [7, 11) is 5.08.